The number of carbonyl (C=O) groups is 1. The quantitative estimate of drug-likeness (QED) is 0.589. The van der Waals surface area contributed by atoms with E-state index < -0.39 is 0 Å². The van der Waals surface area contributed by atoms with E-state index in [0.29, 0.717) is 11.8 Å². The minimum absolute atomic E-state index is 0.477. The molecule has 2 fully saturated rings. The second kappa shape index (κ2) is 3.17. The van der Waals surface area contributed by atoms with Crippen LogP contribution in [0.3, 0.4) is 0 Å². The first-order chi connectivity index (χ1) is 5.77. The Morgan fingerprint density at radius 1 is 1.42 bits per heavy atom. The Balaban J connectivity index is 1.96. The molecule has 0 spiro atoms. The number of hydrogen-bond acceptors (Lipinski definition) is 2. The third-order valence-electron chi connectivity index (χ3n) is 3.33. The topological polar surface area (TPSA) is 20.3 Å². The lowest BCUT2D eigenvalue weighted by Gasteiger charge is -2.43. The normalized spacial score (nSPS) is 37.9. The van der Waals surface area contributed by atoms with Gasteiger partial charge in [0.25, 0.3) is 0 Å². The number of rotatable bonds is 1. The highest BCUT2D eigenvalue weighted by molar-refractivity contribution is 5.79. The van der Waals surface area contributed by atoms with Gasteiger partial charge < -0.3 is 0 Å². The predicted octanol–water partition coefficient (Wildman–Crippen LogP) is 1.45. The molecule has 1 saturated heterocycles. The molecule has 0 aromatic rings. The highest BCUT2D eigenvalue weighted by Crippen LogP contribution is 2.28. The maximum Gasteiger partial charge on any atom is 0.134 e. The number of likely N-dealkylation sites (tertiary alicyclic amines) is 1. The number of carbonyl (C=O) groups excluding carboxylic acids is 1. The van der Waals surface area contributed by atoms with Gasteiger partial charge in [0.05, 0.1) is 0 Å². The van der Waals surface area contributed by atoms with Crippen molar-refractivity contribution in [3.05, 3.63) is 0 Å². The molecule has 0 amide bonds. The van der Waals surface area contributed by atoms with E-state index in [0.717, 1.165) is 25.2 Å². The summed E-state index contributed by atoms with van der Waals surface area (Å²) in [6, 6.07) is 0.583. The zero-order valence-corrected chi connectivity index (χ0v) is 7.75. The molecule has 1 heterocycles. The molecule has 0 bridgehead atoms. The second-order valence-electron chi connectivity index (χ2n) is 4.22. The third kappa shape index (κ3) is 1.40. The molecule has 0 N–H and O–H groups in total. The molecule has 2 nitrogen and oxygen atoms in total. The van der Waals surface area contributed by atoms with Crippen LogP contribution < -0.4 is 0 Å². The van der Waals surface area contributed by atoms with Gasteiger partial charge in [0.15, 0.2) is 0 Å². The lowest BCUT2D eigenvalue weighted by Crippen LogP contribution is -2.50. The molecule has 0 aromatic heterocycles. The van der Waals surface area contributed by atoms with E-state index in [2.05, 4.69) is 11.8 Å². The van der Waals surface area contributed by atoms with Crippen LogP contribution >= 0.6 is 0 Å². The maximum atomic E-state index is 11.2. The highest BCUT2D eigenvalue weighted by atomic mass is 16.1. The van der Waals surface area contributed by atoms with Crippen LogP contribution in [0.4, 0.5) is 0 Å². The molecule has 2 unspecified atom stereocenters. The number of Topliss-reactive ketones (excluding diaryl/α,β-unsaturated/α-hetero) is 1. The van der Waals surface area contributed by atoms with Crippen LogP contribution in [0.2, 0.25) is 0 Å². The molecule has 2 heteroatoms. The van der Waals surface area contributed by atoms with Gasteiger partial charge in [-0.25, -0.2) is 0 Å². The third-order valence-corrected chi connectivity index (χ3v) is 3.33. The molecule has 1 aliphatic carbocycles. The summed E-state index contributed by atoms with van der Waals surface area (Å²) in [4.78, 5) is 13.7. The Morgan fingerprint density at radius 3 is 2.75 bits per heavy atom. The first-order valence-electron chi connectivity index (χ1n) is 5.03. The van der Waals surface area contributed by atoms with Gasteiger partial charge in [0.1, 0.15) is 5.78 Å². The summed E-state index contributed by atoms with van der Waals surface area (Å²) >= 11 is 0. The number of nitrogens with zero attached hydrogens (tertiary/aromatic N) is 1. The van der Waals surface area contributed by atoms with Crippen LogP contribution in [0.15, 0.2) is 0 Å². The van der Waals surface area contributed by atoms with Crippen molar-refractivity contribution < 1.29 is 4.79 Å². The lowest BCUT2D eigenvalue weighted by atomic mass is 9.83. The van der Waals surface area contributed by atoms with Crippen molar-refractivity contribution in [2.24, 2.45) is 5.92 Å². The summed E-state index contributed by atoms with van der Waals surface area (Å²) in [5.74, 6) is 1.22. The fourth-order valence-electron chi connectivity index (χ4n) is 2.28. The Bertz CT molecular complexity index is 184. The van der Waals surface area contributed by atoms with Crippen LogP contribution in [-0.2, 0) is 4.79 Å². The van der Waals surface area contributed by atoms with Gasteiger partial charge in [-0.3, -0.25) is 9.69 Å². The molecule has 68 valence electrons. The summed E-state index contributed by atoms with van der Waals surface area (Å²) in [6.45, 7) is 4.74. The monoisotopic (exact) mass is 167 g/mol. The van der Waals surface area contributed by atoms with Gasteiger partial charge in [-0.15, -0.1) is 0 Å². The van der Waals surface area contributed by atoms with Gasteiger partial charge in [-0.1, -0.05) is 6.92 Å². The summed E-state index contributed by atoms with van der Waals surface area (Å²) < 4.78 is 0. The second-order valence-corrected chi connectivity index (χ2v) is 4.22. The van der Waals surface area contributed by atoms with E-state index in [1.54, 1.807) is 0 Å². The molecule has 1 aliphatic heterocycles. The van der Waals surface area contributed by atoms with Crippen molar-refractivity contribution >= 4 is 5.78 Å². The first-order valence-corrected chi connectivity index (χ1v) is 5.03. The Kier molecular flexibility index (Phi) is 2.18. The van der Waals surface area contributed by atoms with E-state index in [1.165, 1.54) is 19.5 Å². The Hall–Kier alpha value is -0.370. The van der Waals surface area contributed by atoms with Crippen molar-refractivity contribution in [1.82, 2.24) is 4.90 Å². The van der Waals surface area contributed by atoms with E-state index in [-0.39, 0.29) is 0 Å². The average molecular weight is 167 g/mol. The van der Waals surface area contributed by atoms with Crippen LogP contribution in [0.25, 0.3) is 0 Å². The first kappa shape index (κ1) is 8.24. The maximum absolute atomic E-state index is 11.2. The molecule has 2 atom stereocenters. The smallest absolute Gasteiger partial charge is 0.134 e. The largest absolute Gasteiger partial charge is 0.300 e. The van der Waals surface area contributed by atoms with Gasteiger partial charge in [-0.2, -0.15) is 0 Å². The lowest BCUT2D eigenvalue weighted by molar-refractivity contribution is -0.124. The fraction of sp³-hybridized carbons (Fsp3) is 0.900. The van der Waals surface area contributed by atoms with Crippen molar-refractivity contribution in [1.29, 1.82) is 0 Å². The van der Waals surface area contributed by atoms with Gasteiger partial charge in [0.2, 0.25) is 0 Å². The zero-order chi connectivity index (χ0) is 8.55. The molecule has 0 radical (unpaired) electrons. The van der Waals surface area contributed by atoms with Crippen molar-refractivity contribution in [2.75, 3.05) is 13.1 Å². The Morgan fingerprint density at radius 2 is 2.17 bits per heavy atom. The SMILES string of the molecule is CC1CCC(=O)CC1N1CCC1. The summed E-state index contributed by atoms with van der Waals surface area (Å²) in [5.41, 5.74) is 0. The minimum Gasteiger partial charge on any atom is -0.300 e. The van der Waals surface area contributed by atoms with Crippen molar-refractivity contribution in [3.8, 4) is 0 Å². The zero-order valence-electron chi connectivity index (χ0n) is 7.75. The highest BCUT2D eigenvalue weighted by Gasteiger charge is 2.33. The molecule has 2 rings (SSSR count). The summed E-state index contributed by atoms with van der Waals surface area (Å²) in [5, 5.41) is 0. The van der Waals surface area contributed by atoms with Crippen LogP contribution in [0.1, 0.15) is 32.6 Å². The predicted molar refractivity (Wildman–Crippen MR) is 48.0 cm³/mol. The molecular formula is C10H17NO. The molecule has 0 aromatic carbocycles. The number of hydrogen-bond donors (Lipinski definition) is 0. The molecule has 12 heavy (non-hydrogen) atoms. The standard InChI is InChI=1S/C10H17NO/c1-8-3-4-9(12)7-10(8)11-5-2-6-11/h8,10H,2-7H2,1H3. The minimum atomic E-state index is 0.477. The summed E-state index contributed by atoms with van der Waals surface area (Å²) in [6.07, 6.45) is 4.09. The van der Waals surface area contributed by atoms with Crippen LogP contribution in [0, 0.1) is 5.92 Å². The Labute approximate surface area is 73.9 Å². The summed E-state index contributed by atoms with van der Waals surface area (Å²) in [7, 11) is 0. The van der Waals surface area contributed by atoms with Crippen LogP contribution in [-0.4, -0.2) is 29.8 Å². The average Bonchev–Trinajstić information content (AvgIpc) is 1.93. The fourth-order valence-corrected chi connectivity index (χ4v) is 2.28. The van der Waals surface area contributed by atoms with Gasteiger partial charge in [-0.05, 0) is 31.8 Å². The van der Waals surface area contributed by atoms with Crippen LogP contribution in [0.5, 0.6) is 0 Å². The van der Waals surface area contributed by atoms with Crippen molar-refractivity contribution in [3.63, 3.8) is 0 Å². The van der Waals surface area contributed by atoms with E-state index in [9.17, 15) is 4.79 Å². The number of ketones is 1. The molecule has 1 saturated carbocycles. The van der Waals surface area contributed by atoms with Gasteiger partial charge >= 0.3 is 0 Å². The van der Waals surface area contributed by atoms with E-state index >= 15 is 0 Å². The van der Waals surface area contributed by atoms with Crippen molar-refractivity contribution in [2.45, 2.75) is 38.6 Å². The van der Waals surface area contributed by atoms with E-state index in [4.69, 9.17) is 0 Å². The van der Waals surface area contributed by atoms with Gasteiger partial charge in [0, 0.05) is 18.9 Å². The van der Waals surface area contributed by atoms with E-state index in [1.807, 2.05) is 0 Å². The molecule has 2 aliphatic rings. The molecular weight excluding hydrogens is 150 g/mol.